The SMILES string of the molecule is CC(=O)[C@H](C)n1c(SCCOc2ccccc2)nc2ccccc21. The van der Waals surface area contributed by atoms with Gasteiger partial charge >= 0.3 is 0 Å². The van der Waals surface area contributed by atoms with E-state index in [0.717, 1.165) is 27.7 Å². The first-order valence-electron chi connectivity index (χ1n) is 7.95. The molecule has 0 aliphatic rings. The van der Waals surface area contributed by atoms with Crippen LogP contribution in [-0.4, -0.2) is 27.7 Å². The molecule has 1 aromatic heterocycles. The van der Waals surface area contributed by atoms with Crippen molar-refractivity contribution in [1.82, 2.24) is 9.55 Å². The molecule has 0 N–H and O–H groups in total. The van der Waals surface area contributed by atoms with Gasteiger partial charge in [0.25, 0.3) is 0 Å². The fourth-order valence-electron chi connectivity index (χ4n) is 2.49. The average Bonchev–Trinajstić information content (AvgIpc) is 2.97. The van der Waals surface area contributed by atoms with Crippen LogP contribution in [0.2, 0.25) is 0 Å². The zero-order valence-electron chi connectivity index (χ0n) is 13.8. The Labute approximate surface area is 145 Å². The van der Waals surface area contributed by atoms with Crippen molar-refractivity contribution in [3.05, 3.63) is 54.6 Å². The van der Waals surface area contributed by atoms with Crippen LogP contribution in [0, 0.1) is 0 Å². The summed E-state index contributed by atoms with van der Waals surface area (Å²) < 4.78 is 7.74. The third-order valence-electron chi connectivity index (χ3n) is 3.87. The number of hydrogen-bond acceptors (Lipinski definition) is 4. The summed E-state index contributed by atoms with van der Waals surface area (Å²) in [6.45, 7) is 4.12. The van der Waals surface area contributed by atoms with Crippen LogP contribution in [0.3, 0.4) is 0 Å². The lowest BCUT2D eigenvalue weighted by molar-refractivity contribution is -0.119. The molecule has 1 atom stereocenters. The fraction of sp³-hybridized carbons (Fsp3) is 0.263. The molecular weight excluding hydrogens is 320 g/mol. The van der Waals surface area contributed by atoms with Gasteiger partial charge in [-0.15, -0.1) is 0 Å². The summed E-state index contributed by atoms with van der Waals surface area (Å²) in [4.78, 5) is 16.5. The number of ketones is 1. The van der Waals surface area contributed by atoms with E-state index in [0.29, 0.717) is 6.61 Å². The lowest BCUT2D eigenvalue weighted by Gasteiger charge is -2.14. The first kappa shape index (κ1) is 16.6. The Hall–Kier alpha value is -2.27. The number of carbonyl (C=O) groups excluding carboxylic acids is 1. The smallest absolute Gasteiger partial charge is 0.169 e. The number of thioether (sulfide) groups is 1. The molecule has 0 radical (unpaired) electrons. The second-order valence-electron chi connectivity index (χ2n) is 5.55. The first-order chi connectivity index (χ1) is 11.7. The highest BCUT2D eigenvalue weighted by molar-refractivity contribution is 7.99. The minimum atomic E-state index is -0.227. The van der Waals surface area contributed by atoms with E-state index in [1.807, 2.05) is 66.1 Å². The molecule has 0 unspecified atom stereocenters. The third-order valence-corrected chi connectivity index (χ3v) is 4.78. The summed E-state index contributed by atoms with van der Waals surface area (Å²) in [6, 6.07) is 17.5. The molecule has 0 bridgehead atoms. The number of ether oxygens (including phenoxy) is 1. The van der Waals surface area contributed by atoms with Gasteiger partial charge in [0.1, 0.15) is 5.75 Å². The number of para-hydroxylation sites is 3. The maximum atomic E-state index is 11.9. The zero-order valence-corrected chi connectivity index (χ0v) is 14.6. The Bertz CT molecular complexity index is 830. The van der Waals surface area contributed by atoms with Crippen LogP contribution in [-0.2, 0) is 4.79 Å². The molecule has 0 saturated heterocycles. The maximum absolute atomic E-state index is 11.9. The van der Waals surface area contributed by atoms with Crippen LogP contribution in [0.4, 0.5) is 0 Å². The summed E-state index contributed by atoms with van der Waals surface area (Å²) >= 11 is 1.61. The van der Waals surface area contributed by atoms with E-state index < -0.39 is 0 Å². The summed E-state index contributed by atoms with van der Waals surface area (Å²) in [5, 5.41) is 0.857. The molecule has 0 fully saturated rings. The van der Waals surface area contributed by atoms with Gasteiger partial charge < -0.3 is 9.30 Å². The van der Waals surface area contributed by atoms with Crippen LogP contribution in [0.15, 0.2) is 59.8 Å². The molecule has 124 valence electrons. The quantitative estimate of drug-likeness (QED) is 0.473. The Morgan fingerprint density at radius 2 is 1.88 bits per heavy atom. The number of benzene rings is 2. The van der Waals surface area contributed by atoms with Gasteiger partial charge in [0.15, 0.2) is 10.9 Å². The largest absolute Gasteiger partial charge is 0.493 e. The minimum Gasteiger partial charge on any atom is -0.493 e. The van der Waals surface area contributed by atoms with Gasteiger partial charge in [-0.1, -0.05) is 42.1 Å². The van der Waals surface area contributed by atoms with E-state index in [2.05, 4.69) is 4.98 Å². The standard InChI is InChI=1S/C19H20N2O2S/c1-14(15(2)22)21-18-11-7-6-10-17(18)20-19(21)24-13-12-23-16-8-4-3-5-9-16/h3-11,14H,12-13H2,1-2H3/t14-/m0/s1. The molecule has 2 aromatic carbocycles. The molecule has 0 saturated carbocycles. The van der Waals surface area contributed by atoms with Gasteiger partial charge in [-0.05, 0) is 38.1 Å². The van der Waals surface area contributed by atoms with Gasteiger partial charge in [-0.2, -0.15) is 0 Å². The Balaban J connectivity index is 1.74. The van der Waals surface area contributed by atoms with E-state index >= 15 is 0 Å². The van der Waals surface area contributed by atoms with Crippen LogP contribution in [0.1, 0.15) is 19.9 Å². The summed E-state index contributed by atoms with van der Waals surface area (Å²) in [5.41, 5.74) is 1.91. The number of imidazole rings is 1. The number of hydrogen-bond donors (Lipinski definition) is 0. The van der Waals surface area contributed by atoms with Crippen LogP contribution in [0.25, 0.3) is 11.0 Å². The van der Waals surface area contributed by atoms with Crippen LogP contribution in [0.5, 0.6) is 5.75 Å². The lowest BCUT2D eigenvalue weighted by atomic mass is 10.2. The molecule has 0 aliphatic carbocycles. The number of rotatable bonds is 7. The predicted octanol–water partition coefficient (Wildman–Crippen LogP) is 4.36. The Morgan fingerprint density at radius 3 is 2.62 bits per heavy atom. The average molecular weight is 340 g/mol. The molecule has 3 rings (SSSR count). The molecule has 0 amide bonds. The van der Waals surface area contributed by atoms with Crippen molar-refractivity contribution in [3.8, 4) is 5.75 Å². The lowest BCUT2D eigenvalue weighted by Crippen LogP contribution is -2.14. The zero-order chi connectivity index (χ0) is 16.9. The Kier molecular flexibility index (Phi) is 5.20. The van der Waals surface area contributed by atoms with Crippen molar-refractivity contribution in [1.29, 1.82) is 0 Å². The molecular formula is C19H20N2O2S. The number of carbonyl (C=O) groups is 1. The fourth-order valence-corrected chi connectivity index (χ4v) is 3.40. The predicted molar refractivity (Wildman–Crippen MR) is 97.8 cm³/mol. The van der Waals surface area contributed by atoms with Crippen molar-refractivity contribution in [2.24, 2.45) is 0 Å². The van der Waals surface area contributed by atoms with Crippen molar-refractivity contribution in [2.45, 2.75) is 25.0 Å². The van der Waals surface area contributed by atoms with Gasteiger partial charge in [0.05, 0.1) is 23.7 Å². The normalized spacial score (nSPS) is 12.2. The van der Waals surface area contributed by atoms with Gasteiger partial charge in [-0.25, -0.2) is 4.98 Å². The molecule has 0 aliphatic heterocycles. The molecule has 24 heavy (non-hydrogen) atoms. The second-order valence-corrected chi connectivity index (χ2v) is 6.61. The Morgan fingerprint density at radius 1 is 1.17 bits per heavy atom. The molecule has 0 spiro atoms. The number of aromatic nitrogens is 2. The molecule has 4 nitrogen and oxygen atoms in total. The highest BCUT2D eigenvalue weighted by Crippen LogP contribution is 2.28. The van der Waals surface area contributed by atoms with E-state index in [1.165, 1.54) is 0 Å². The molecule has 1 heterocycles. The third kappa shape index (κ3) is 3.62. The molecule has 3 aromatic rings. The van der Waals surface area contributed by atoms with Gasteiger partial charge in [-0.3, -0.25) is 4.79 Å². The van der Waals surface area contributed by atoms with Crippen molar-refractivity contribution < 1.29 is 9.53 Å². The van der Waals surface area contributed by atoms with Crippen molar-refractivity contribution in [3.63, 3.8) is 0 Å². The van der Waals surface area contributed by atoms with Crippen molar-refractivity contribution >= 4 is 28.6 Å². The number of nitrogens with zero attached hydrogens (tertiary/aromatic N) is 2. The van der Waals surface area contributed by atoms with E-state index in [1.54, 1.807) is 18.7 Å². The van der Waals surface area contributed by atoms with Gasteiger partial charge in [0.2, 0.25) is 0 Å². The van der Waals surface area contributed by atoms with E-state index in [-0.39, 0.29) is 11.8 Å². The highest BCUT2D eigenvalue weighted by atomic mass is 32.2. The number of fused-ring (bicyclic) bond motifs is 1. The number of Topliss-reactive ketones (excluding diaryl/α,β-unsaturated/α-hetero) is 1. The first-order valence-corrected chi connectivity index (χ1v) is 8.93. The van der Waals surface area contributed by atoms with E-state index in [9.17, 15) is 4.79 Å². The maximum Gasteiger partial charge on any atom is 0.169 e. The second kappa shape index (κ2) is 7.53. The monoisotopic (exact) mass is 340 g/mol. The minimum absolute atomic E-state index is 0.125. The topological polar surface area (TPSA) is 44.1 Å². The summed E-state index contributed by atoms with van der Waals surface area (Å²) in [7, 11) is 0. The highest BCUT2D eigenvalue weighted by Gasteiger charge is 2.18. The van der Waals surface area contributed by atoms with E-state index in [4.69, 9.17) is 4.74 Å². The van der Waals surface area contributed by atoms with Crippen LogP contribution >= 0.6 is 11.8 Å². The van der Waals surface area contributed by atoms with Gasteiger partial charge in [0, 0.05) is 5.75 Å². The van der Waals surface area contributed by atoms with Crippen molar-refractivity contribution in [2.75, 3.05) is 12.4 Å². The summed E-state index contributed by atoms with van der Waals surface area (Å²) in [5.74, 6) is 1.76. The summed E-state index contributed by atoms with van der Waals surface area (Å²) in [6.07, 6.45) is 0. The molecule has 5 heteroatoms. The van der Waals surface area contributed by atoms with Crippen LogP contribution < -0.4 is 4.74 Å².